The second-order valence-corrected chi connectivity index (χ2v) is 42.5. The Labute approximate surface area is 708 Å². The second-order valence-electron chi connectivity index (χ2n) is 31.3. The highest BCUT2D eigenvalue weighted by molar-refractivity contribution is 9.10. The Kier molecular flexibility index (Phi) is 37.8. The minimum Gasteiger partial charge on any atom is -0.467 e. The number of aldehydes is 1. The van der Waals surface area contributed by atoms with Gasteiger partial charge in [-0.1, -0.05) is 69.2 Å². The van der Waals surface area contributed by atoms with Gasteiger partial charge in [-0.05, 0) is 94.8 Å². The molecule has 5 aromatic rings. The summed E-state index contributed by atoms with van der Waals surface area (Å²) in [6, 6.07) is 1.09. The van der Waals surface area contributed by atoms with Crippen LogP contribution in [0.5, 0.6) is 0 Å². The van der Waals surface area contributed by atoms with Crippen LogP contribution in [0, 0.1) is 11.8 Å². The van der Waals surface area contributed by atoms with E-state index in [0.717, 1.165) is 53.7 Å². The summed E-state index contributed by atoms with van der Waals surface area (Å²) >= 11 is 6.14. The molecule has 121 heavy (non-hydrogen) atoms. The first kappa shape index (κ1) is 104. The number of methoxy groups -OCH3 is 1. The van der Waals surface area contributed by atoms with Crippen LogP contribution in [0.3, 0.4) is 0 Å². The Morgan fingerprint density at radius 3 is 1.08 bits per heavy atom. The van der Waals surface area contributed by atoms with Gasteiger partial charge in [-0.15, -0.1) is 0 Å². The number of nitrogens with zero attached hydrogens (tertiary/aromatic N) is 5. The van der Waals surface area contributed by atoms with Crippen LogP contribution >= 0.6 is 31.9 Å². The van der Waals surface area contributed by atoms with Gasteiger partial charge in [0.2, 0.25) is 6.29 Å². The first-order chi connectivity index (χ1) is 56.2. The molecule has 0 bridgehead atoms. The van der Waals surface area contributed by atoms with Crippen molar-refractivity contribution in [3.8, 4) is 0 Å². The van der Waals surface area contributed by atoms with Gasteiger partial charge in [0.05, 0.1) is 84.6 Å². The molecule has 7 unspecified atom stereocenters. The summed E-state index contributed by atoms with van der Waals surface area (Å²) in [5.74, 6) is -2.73. The van der Waals surface area contributed by atoms with Gasteiger partial charge in [0.1, 0.15) is 54.9 Å². The van der Waals surface area contributed by atoms with E-state index in [1.165, 1.54) is 21.5 Å². The highest BCUT2D eigenvalue weighted by Crippen LogP contribution is 2.46. The Morgan fingerprint density at radius 2 is 0.785 bits per heavy atom. The normalized spacial score (nSPS) is 27.5. The third kappa shape index (κ3) is 25.0. The van der Waals surface area contributed by atoms with E-state index in [2.05, 4.69) is 133 Å². The number of carbonyl (C=O) groups excluding carboxylic acids is 4. The van der Waals surface area contributed by atoms with Gasteiger partial charge < -0.3 is 103 Å². The number of aromatic amines is 5. The molecule has 682 valence electrons. The fourth-order valence-corrected chi connectivity index (χ4v) is 15.6. The Bertz CT molecular complexity index is 4980. The molecule has 0 spiro atoms. The molecule has 5 fully saturated rings. The zero-order chi connectivity index (χ0) is 91.9. The van der Waals surface area contributed by atoms with Gasteiger partial charge in [-0.25, -0.2) is 38.4 Å². The number of hydrogen-bond acceptors (Lipinski definition) is 35. The topological polar surface area (TPSA) is 657 Å². The molecule has 10 heterocycles. The molecule has 0 aliphatic carbocycles. The van der Waals surface area contributed by atoms with E-state index in [9.17, 15) is 108 Å². The molecular weight excluding hydrogens is 1780 g/mol. The lowest BCUT2D eigenvalue weighted by Crippen LogP contribution is -2.48. The molecular formula is C72H112Br2N10O35Si2. The minimum atomic E-state index is -2.21. The van der Waals surface area contributed by atoms with Crippen LogP contribution in [-0.4, -0.2) is 264 Å². The number of aromatic nitrogens is 10. The van der Waals surface area contributed by atoms with E-state index in [4.69, 9.17) is 52.6 Å². The molecule has 0 radical (unpaired) electrons. The summed E-state index contributed by atoms with van der Waals surface area (Å²) in [5, 5.41) is 105. The molecule has 49 heteroatoms. The monoisotopic (exact) mass is 1890 g/mol. The lowest BCUT2D eigenvalue weighted by molar-refractivity contribution is -0.153. The van der Waals surface area contributed by atoms with Crippen LogP contribution in [0.1, 0.15) is 152 Å². The van der Waals surface area contributed by atoms with Crippen molar-refractivity contribution in [3.63, 3.8) is 0 Å². The van der Waals surface area contributed by atoms with Crippen molar-refractivity contribution in [2.24, 2.45) is 11.8 Å². The molecule has 5 aliphatic rings. The van der Waals surface area contributed by atoms with Crippen molar-refractivity contribution in [3.05, 3.63) is 161 Å². The fraction of sp³-hybridized carbons (Fsp3) is 0.667. The van der Waals surface area contributed by atoms with Crippen LogP contribution in [0.2, 0.25) is 36.3 Å². The maximum Gasteiger partial charge on any atom is 0.371 e. The molecule has 5 aromatic heterocycles. The summed E-state index contributed by atoms with van der Waals surface area (Å²) in [6.45, 7) is 31.8. The zero-order valence-corrected chi connectivity index (χ0v) is 74.6. The average Bonchev–Trinajstić information content (AvgIpc) is 1.60. The molecule has 16 N–H and O–H groups in total. The van der Waals surface area contributed by atoms with Gasteiger partial charge in [0.25, 0.3) is 27.8 Å². The second kappa shape index (κ2) is 44.2. The van der Waals surface area contributed by atoms with Gasteiger partial charge >= 0.3 is 46.4 Å². The van der Waals surface area contributed by atoms with Crippen molar-refractivity contribution in [1.82, 2.24) is 47.8 Å². The molecule has 10 rings (SSSR count). The largest absolute Gasteiger partial charge is 0.467 e. The molecule has 5 aliphatic heterocycles. The van der Waals surface area contributed by atoms with E-state index in [1.54, 1.807) is 13.8 Å². The summed E-state index contributed by atoms with van der Waals surface area (Å²) in [4.78, 5) is 171. The Balaban J connectivity index is 0.000000317. The molecule has 22 atom stereocenters. The third-order valence-electron chi connectivity index (χ3n) is 21.2. The highest BCUT2D eigenvalue weighted by atomic mass is 79.9. The number of halogens is 2. The number of esters is 3. The van der Waals surface area contributed by atoms with E-state index in [0.29, 0.717) is 9.04 Å². The van der Waals surface area contributed by atoms with Crippen LogP contribution in [-0.2, 0) is 65.9 Å². The number of aliphatic hydroxyl groups is 11. The summed E-state index contributed by atoms with van der Waals surface area (Å²) < 4.78 is 60.0. The Hall–Kier alpha value is -7.85. The quantitative estimate of drug-likeness (QED) is 0.0119. The number of aliphatic hydroxyl groups excluding tert-OH is 11. The zero-order valence-electron chi connectivity index (χ0n) is 69.4. The van der Waals surface area contributed by atoms with Crippen LogP contribution < -0.4 is 56.2 Å². The van der Waals surface area contributed by atoms with Crippen molar-refractivity contribution in [2.75, 3.05) is 40.1 Å². The van der Waals surface area contributed by atoms with Gasteiger partial charge in [0.15, 0.2) is 60.0 Å². The first-order valence-corrected chi connectivity index (χ1v) is 45.5. The van der Waals surface area contributed by atoms with Crippen molar-refractivity contribution >= 4 is 72.7 Å². The van der Waals surface area contributed by atoms with E-state index in [1.807, 2.05) is 28.8 Å². The van der Waals surface area contributed by atoms with Crippen LogP contribution in [0.25, 0.3) is 0 Å². The van der Waals surface area contributed by atoms with Gasteiger partial charge in [-0.3, -0.25) is 76.5 Å². The lowest BCUT2D eigenvalue weighted by Gasteiger charge is -2.40. The predicted octanol–water partition coefficient (Wildman–Crippen LogP) is -2.49. The van der Waals surface area contributed by atoms with E-state index >= 15 is 0 Å². The SMILES string of the molecule is CCOC(=O)C(O)c1cn([C@@H]2O[C@H](CC)C(C)[C@@H]2O[Si](C)(C)C(C)(C)C)c(=O)[nH]c1=O.CCOC(=O)C=O.CC[C@H]1O[C@@H](n2cc(Br)c(=O)[nH]c2=O)[C@@H](O[Si](C)(C)C(C)(C)C)C1C.COC(=O)C(O)c1cn([C@@H]2O[C@H](CO)C(O)[C@@H]2O)c(=O)[nH]c1=O.O=c1[nH]c(=O)n([C@@H]2O[C@H](CO)C(O)[C@@H]2O)cc1Br.O=c1ccn([C@@H]2O[C@H](CO)C(O)[C@@H]2O)c(=O)[nH]1.[2HH]. The Morgan fingerprint density at radius 1 is 0.479 bits per heavy atom. The smallest absolute Gasteiger partial charge is 0.371 e. The summed E-state index contributed by atoms with van der Waals surface area (Å²) in [5.41, 5.74) is -7.97. The van der Waals surface area contributed by atoms with Gasteiger partial charge in [0, 0.05) is 50.3 Å². The highest BCUT2D eigenvalue weighted by Gasteiger charge is 2.52. The van der Waals surface area contributed by atoms with Crippen LogP contribution in [0.4, 0.5) is 0 Å². The molecule has 0 saturated carbocycles. The first-order valence-electron chi connectivity index (χ1n) is 38.1. The number of H-pyrrole nitrogens is 5. The molecule has 45 nitrogen and oxygen atoms in total. The maximum absolute atomic E-state index is 12.7. The van der Waals surface area contributed by atoms with Crippen LogP contribution in [0.15, 0.2) is 93.9 Å². The summed E-state index contributed by atoms with van der Waals surface area (Å²) in [7, 11) is -3.26. The minimum absolute atomic E-state index is 0. The predicted molar refractivity (Wildman–Crippen MR) is 435 cm³/mol. The van der Waals surface area contributed by atoms with Crippen molar-refractivity contribution in [1.29, 1.82) is 0 Å². The van der Waals surface area contributed by atoms with Crippen molar-refractivity contribution in [2.45, 2.75) is 255 Å². The average molecular weight is 1890 g/mol. The number of hydrogen-bond donors (Lipinski definition) is 16. The summed E-state index contributed by atoms with van der Waals surface area (Å²) in [6.07, 6.45) is -13.5. The van der Waals surface area contributed by atoms with E-state index < -0.39 is 221 Å². The lowest BCUT2D eigenvalue weighted by atomic mass is 9.99. The number of ether oxygens (including phenoxy) is 8. The van der Waals surface area contributed by atoms with E-state index in [-0.39, 0.29) is 71.2 Å². The maximum atomic E-state index is 12.7. The number of carbonyl (C=O) groups is 4. The molecule has 0 aromatic carbocycles. The number of rotatable bonds is 21. The standard InChI is InChI=1S/C21H36N2O7Si.C17H29BrN2O4Si.C12H16N2O9.C9H11BrN2O6.C9H12N2O6.C4H6O3.H2/c1-9-14-12(3)16(30-31(7,8)21(4,5)6)18(29-14)23-11-13(17(25)22-20(23)27)15(24)19(26)28-10-2;1-8-12-10(2)13(24-25(6,7)17(3,4)5)15(23-12)20-9-11(18)14(21)19-16(20)22;1-22-11(20)6(16)4-2-14(12(21)13-9(4)19)10-8(18)7(17)5(3-15)23-10;10-3-1-12(9(17)11-7(3)16)8-6(15)5(14)4(2-13)18-8;12-3-4-6(14)7(15)8(17-4)11-2-1-5(13)10-9(11)16;1-2-7-4(6)3-5;/h11-12,14-16,18,24H,9-10H2,1-8H3,(H,22,25,27);9-10,12-13,15H,8H2,1-7H3,(H,19,21,22);2,5-8,10,15-18H,3H2,1H3,(H,13,19,21);1,4-6,8,13-15H,2H2,(H,11,16,17);1-2,4,6-8,12,14-15H,3H2,(H,10,13,16);3H,2H2,1H3;1H/t12?,14-,15?,16+,18-;10?,12-,13+,15-;5-,6?,7?,8+,10-;4-,5?,6+,8-;4-,6?,7+,8-;;/m11111../s1/i;;;;;;1+1. The third-order valence-corrected chi connectivity index (χ3v) is 31.3. The number of nitrogens with one attached hydrogen (secondary N) is 5. The van der Waals surface area contributed by atoms with Crippen molar-refractivity contribution < 1.29 is 124 Å². The fourth-order valence-electron chi connectivity index (χ4n) is 12.2. The molecule has 5 saturated heterocycles. The van der Waals surface area contributed by atoms with Gasteiger partial charge in [-0.2, -0.15) is 0 Å². The molecule has 0 amide bonds.